The molecule has 0 radical (unpaired) electrons. The summed E-state index contributed by atoms with van der Waals surface area (Å²) in [5.41, 5.74) is 1.64. The fraction of sp³-hybridized carbons (Fsp3) is 0.438. The monoisotopic (exact) mass is 351 g/mol. The van der Waals surface area contributed by atoms with Gasteiger partial charge in [-0.25, -0.2) is 0 Å². The maximum absolute atomic E-state index is 12.7. The predicted molar refractivity (Wildman–Crippen MR) is 84.6 cm³/mol. The summed E-state index contributed by atoms with van der Waals surface area (Å²) in [5, 5.41) is 0.974. The minimum absolute atomic E-state index is 0.0523. The first-order valence-electron chi connectivity index (χ1n) is 7.09. The highest BCUT2D eigenvalue weighted by molar-refractivity contribution is 9.10. The fourth-order valence-electron chi connectivity index (χ4n) is 2.88. The molecule has 0 aliphatic carbocycles. The number of halogens is 1. The predicted octanol–water partition coefficient (Wildman–Crippen LogP) is 3.75. The van der Waals surface area contributed by atoms with Crippen LogP contribution in [0.3, 0.4) is 0 Å². The Bertz CT molecular complexity index is 684. The molecule has 0 bridgehead atoms. The fourth-order valence-corrected chi connectivity index (χ4v) is 3.25. The second-order valence-electron chi connectivity index (χ2n) is 5.66. The second kappa shape index (κ2) is 5.46. The summed E-state index contributed by atoms with van der Waals surface area (Å²) in [7, 11) is 0. The number of benzene rings is 1. The number of amides is 1. The smallest absolute Gasteiger partial charge is 0.290 e. The van der Waals surface area contributed by atoms with Gasteiger partial charge in [-0.2, -0.15) is 0 Å². The van der Waals surface area contributed by atoms with Crippen LogP contribution in [0.2, 0.25) is 0 Å². The third kappa shape index (κ3) is 2.72. The Kier molecular flexibility index (Phi) is 3.80. The number of ether oxygens (including phenoxy) is 1. The van der Waals surface area contributed by atoms with E-state index < -0.39 is 0 Å². The van der Waals surface area contributed by atoms with Crippen molar-refractivity contribution in [1.29, 1.82) is 0 Å². The van der Waals surface area contributed by atoms with Gasteiger partial charge in [0.15, 0.2) is 5.76 Å². The molecular weight excluding hydrogens is 334 g/mol. The van der Waals surface area contributed by atoms with Crippen LogP contribution >= 0.6 is 15.9 Å². The number of morpholine rings is 1. The largest absolute Gasteiger partial charge is 0.451 e. The van der Waals surface area contributed by atoms with Crippen LogP contribution in [0.1, 0.15) is 30.0 Å². The maximum Gasteiger partial charge on any atom is 0.290 e. The minimum atomic E-state index is -0.0539. The van der Waals surface area contributed by atoms with E-state index >= 15 is 0 Å². The number of fused-ring (bicyclic) bond motifs is 1. The van der Waals surface area contributed by atoms with Gasteiger partial charge in [0.2, 0.25) is 0 Å². The topological polar surface area (TPSA) is 42.7 Å². The highest BCUT2D eigenvalue weighted by atomic mass is 79.9. The lowest BCUT2D eigenvalue weighted by Crippen LogP contribution is -2.48. The van der Waals surface area contributed by atoms with Crippen molar-refractivity contribution < 1.29 is 13.9 Å². The summed E-state index contributed by atoms with van der Waals surface area (Å²) < 4.78 is 12.4. The van der Waals surface area contributed by atoms with Crippen molar-refractivity contribution in [1.82, 2.24) is 4.90 Å². The van der Waals surface area contributed by atoms with E-state index in [0.29, 0.717) is 18.8 Å². The molecule has 1 aromatic heterocycles. The molecule has 4 nitrogen and oxygen atoms in total. The Morgan fingerprint density at radius 1 is 1.29 bits per heavy atom. The molecule has 2 atom stereocenters. The molecule has 112 valence electrons. The van der Waals surface area contributed by atoms with Gasteiger partial charge >= 0.3 is 0 Å². The van der Waals surface area contributed by atoms with E-state index in [4.69, 9.17) is 9.15 Å². The molecule has 1 aliphatic heterocycles. The third-order valence-corrected chi connectivity index (χ3v) is 4.29. The zero-order valence-electron chi connectivity index (χ0n) is 12.4. The summed E-state index contributed by atoms with van der Waals surface area (Å²) in [6.07, 6.45) is 0.105. The van der Waals surface area contributed by atoms with Crippen LogP contribution in [0, 0.1) is 6.92 Å². The van der Waals surface area contributed by atoms with Crippen molar-refractivity contribution >= 4 is 32.8 Å². The molecule has 21 heavy (non-hydrogen) atoms. The molecule has 3 rings (SSSR count). The van der Waals surface area contributed by atoms with Crippen molar-refractivity contribution in [3.05, 3.63) is 34.0 Å². The molecule has 1 fully saturated rings. The summed E-state index contributed by atoms with van der Waals surface area (Å²) in [6.45, 7) is 7.10. The van der Waals surface area contributed by atoms with Gasteiger partial charge in [-0.3, -0.25) is 4.79 Å². The Hall–Kier alpha value is -1.33. The number of rotatable bonds is 1. The Morgan fingerprint density at radius 2 is 1.95 bits per heavy atom. The number of carbonyl (C=O) groups excluding carboxylic acids is 1. The Balaban J connectivity index is 1.96. The highest BCUT2D eigenvalue weighted by Gasteiger charge is 2.29. The molecule has 1 aliphatic rings. The number of furan rings is 1. The molecule has 2 heterocycles. The van der Waals surface area contributed by atoms with Crippen LogP contribution < -0.4 is 0 Å². The summed E-state index contributed by atoms with van der Waals surface area (Å²) >= 11 is 3.45. The summed E-state index contributed by atoms with van der Waals surface area (Å²) in [5.74, 6) is 0.381. The molecule has 1 saturated heterocycles. The van der Waals surface area contributed by atoms with Crippen molar-refractivity contribution in [3.63, 3.8) is 0 Å². The molecular formula is C16H18BrNO3. The lowest BCUT2D eigenvalue weighted by atomic mass is 10.1. The normalized spacial score (nSPS) is 22.8. The van der Waals surface area contributed by atoms with Crippen LogP contribution in [-0.2, 0) is 4.74 Å². The van der Waals surface area contributed by atoms with E-state index in [-0.39, 0.29) is 18.1 Å². The van der Waals surface area contributed by atoms with Crippen LogP contribution in [0.5, 0.6) is 0 Å². The lowest BCUT2D eigenvalue weighted by Gasteiger charge is -2.34. The van der Waals surface area contributed by atoms with E-state index in [0.717, 1.165) is 21.0 Å². The summed E-state index contributed by atoms with van der Waals surface area (Å²) in [6, 6.07) is 5.78. The molecule has 0 N–H and O–H groups in total. The molecule has 2 unspecified atom stereocenters. The molecule has 5 heteroatoms. The quantitative estimate of drug-likeness (QED) is 0.785. The van der Waals surface area contributed by atoms with Gasteiger partial charge in [-0.15, -0.1) is 0 Å². The van der Waals surface area contributed by atoms with Crippen molar-refractivity contribution in [2.24, 2.45) is 0 Å². The first kappa shape index (κ1) is 14.6. The number of aryl methyl sites for hydroxylation is 1. The van der Waals surface area contributed by atoms with E-state index in [1.807, 2.05) is 43.9 Å². The lowest BCUT2D eigenvalue weighted by molar-refractivity contribution is -0.0592. The van der Waals surface area contributed by atoms with E-state index in [1.54, 1.807) is 0 Å². The van der Waals surface area contributed by atoms with Crippen LogP contribution in [0.15, 0.2) is 27.1 Å². The highest BCUT2D eigenvalue weighted by Crippen LogP contribution is 2.29. The van der Waals surface area contributed by atoms with Crippen molar-refractivity contribution in [2.75, 3.05) is 13.1 Å². The SMILES string of the molecule is Cc1c(C(=O)N2CC(C)OC(C)C2)oc2ccc(Br)cc12. The van der Waals surface area contributed by atoms with Gasteiger partial charge in [0.25, 0.3) is 5.91 Å². The third-order valence-electron chi connectivity index (χ3n) is 3.80. The number of nitrogens with zero attached hydrogens (tertiary/aromatic N) is 1. The Labute approximate surface area is 132 Å². The molecule has 2 aromatic rings. The van der Waals surface area contributed by atoms with Crippen LogP contribution in [-0.4, -0.2) is 36.1 Å². The standard InChI is InChI=1S/C16H18BrNO3/c1-9-7-18(8-10(2)20-9)16(19)15-11(3)13-6-12(17)4-5-14(13)21-15/h4-6,9-10H,7-8H2,1-3H3. The van der Waals surface area contributed by atoms with E-state index in [1.165, 1.54) is 0 Å². The minimum Gasteiger partial charge on any atom is -0.451 e. The van der Waals surface area contributed by atoms with Crippen LogP contribution in [0.25, 0.3) is 11.0 Å². The summed E-state index contributed by atoms with van der Waals surface area (Å²) in [4.78, 5) is 14.5. The van der Waals surface area contributed by atoms with Gasteiger partial charge in [-0.1, -0.05) is 15.9 Å². The van der Waals surface area contributed by atoms with E-state index in [2.05, 4.69) is 15.9 Å². The Morgan fingerprint density at radius 3 is 2.62 bits per heavy atom. The number of carbonyl (C=O) groups is 1. The van der Waals surface area contributed by atoms with E-state index in [9.17, 15) is 4.79 Å². The second-order valence-corrected chi connectivity index (χ2v) is 6.58. The molecule has 0 saturated carbocycles. The van der Waals surface area contributed by atoms with Crippen LogP contribution in [0.4, 0.5) is 0 Å². The molecule has 0 spiro atoms. The van der Waals surface area contributed by atoms with Crippen molar-refractivity contribution in [2.45, 2.75) is 33.0 Å². The zero-order valence-corrected chi connectivity index (χ0v) is 13.9. The number of hydrogen-bond acceptors (Lipinski definition) is 3. The molecule has 1 aromatic carbocycles. The zero-order chi connectivity index (χ0) is 15.1. The number of hydrogen-bond donors (Lipinski definition) is 0. The van der Waals surface area contributed by atoms with Gasteiger partial charge in [-0.05, 0) is 39.0 Å². The molecule has 1 amide bonds. The van der Waals surface area contributed by atoms with Gasteiger partial charge in [0, 0.05) is 28.5 Å². The van der Waals surface area contributed by atoms with Gasteiger partial charge < -0.3 is 14.1 Å². The van der Waals surface area contributed by atoms with Gasteiger partial charge in [0.05, 0.1) is 12.2 Å². The average molecular weight is 352 g/mol. The van der Waals surface area contributed by atoms with Gasteiger partial charge in [0.1, 0.15) is 5.58 Å². The first-order chi connectivity index (χ1) is 9.95. The first-order valence-corrected chi connectivity index (χ1v) is 7.88. The maximum atomic E-state index is 12.7. The van der Waals surface area contributed by atoms with Crippen molar-refractivity contribution in [3.8, 4) is 0 Å². The average Bonchev–Trinajstić information content (AvgIpc) is 2.74.